The highest BCUT2D eigenvalue weighted by molar-refractivity contribution is 5.91. The number of ketones is 1. The van der Waals surface area contributed by atoms with E-state index in [-0.39, 0.29) is 12.4 Å². The Hall–Kier alpha value is -0.410. The van der Waals surface area contributed by atoms with Crippen LogP contribution in [0.1, 0.15) is 19.8 Å². The molecule has 1 atom stereocenters. The van der Waals surface area contributed by atoms with E-state index in [1.807, 2.05) is 0 Å². The summed E-state index contributed by atoms with van der Waals surface area (Å²) in [7, 11) is 0. The lowest BCUT2D eigenvalue weighted by Gasteiger charge is -2.21. The highest BCUT2D eigenvalue weighted by Gasteiger charge is 2.66. The molecule has 0 aromatic heterocycles. The second kappa shape index (κ2) is 1.43. The van der Waals surface area contributed by atoms with Gasteiger partial charge in [0.15, 0.2) is 11.6 Å². The number of hydrogen-bond donors (Lipinski definition) is 1. The van der Waals surface area contributed by atoms with Crippen LogP contribution in [-0.2, 0) is 9.53 Å². The fourth-order valence-electron chi connectivity index (χ4n) is 1.61. The molecule has 56 valence electrons. The number of Topliss-reactive ketones (excluding diaryl/α,β-unsaturated/α-hetero) is 1. The van der Waals surface area contributed by atoms with Crippen LogP contribution in [0, 0.1) is 5.41 Å². The summed E-state index contributed by atoms with van der Waals surface area (Å²) >= 11 is 0. The summed E-state index contributed by atoms with van der Waals surface area (Å²) in [5.74, 6) is -1.11. The van der Waals surface area contributed by atoms with Gasteiger partial charge in [0.2, 0.25) is 0 Å². The highest BCUT2D eigenvalue weighted by Crippen LogP contribution is 2.58. The molecule has 0 aromatic rings. The number of rotatable bonds is 0. The number of aliphatic hydroxyl groups is 1. The first-order valence-corrected chi connectivity index (χ1v) is 3.48. The molecule has 2 fully saturated rings. The molecule has 1 heterocycles. The molecule has 1 N–H and O–H groups in total. The maximum absolute atomic E-state index is 11.1. The molecule has 0 radical (unpaired) electrons. The molecule has 2 aliphatic rings. The van der Waals surface area contributed by atoms with Crippen molar-refractivity contribution in [1.82, 2.24) is 0 Å². The predicted octanol–water partition coefficient (Wildman–Crippen LogP) is 0.0744. The molecule has 3 nitrogen and oxygen atoms in total. The molecule has 3 heteroatoms. The molecule has 1 saturated heterocycles. The van der Waals surface area contributed by atoms with E-state index in [0.717, 1.165) is 12.8 Å². The summed E-state index contributed by atoms with van der Waals surface area (Å²) < 4.78 is 4.94. The van der Waals surface area contributed by atoms with E-state index < -0.39 is 11.2 Å². The molecule has 1 saturated carbocycles. The molecular formula is C7H10O3. The number of carbonyl (C=O) groups is 1. The van der Waals surface area contributed by atoms with Crippen molar-refractivity contribution in [2.45, 2.75) is 25.6 Å². The van der Waals surface area contributed by atoms with E-state index in [1.54, 1.807) is 6.92 Å². The van der Waals surface area contributed by atoms with Gasteiger partial charge in [-0.15, -0.1) is 0 Å². The first-order valence-electron chi connectivity index (χ1n) is 3.48. The molecule has 10 heavy (non-hydrogen) atoms. The van der Waals surface area contributed by atoms with Gasteiger partial charge in [0, 0.05) is 0 Å². The van der Waals surface area contributed by atoms with Gasteiger partial charge in [-0.1, -0.05) is 0 Å². The smallest absolute Gasteiger partial charge is 0.175 e. The van der Waals surface area contributed by atoms with E-state index in [0.29, 0.717) is 0 Å². The Morgan fingerprint density at radius 2 is 2.20 bits per heavy atom. The minimum atomic E-state index is -1.18. The summed E-state index contributed by atoms with van der Waals surface area (Å²) in [6, 6.07) is 0. The van der Waals surface area contributed by atoms with Crippen molar-refractivity contribution >= 4 is 5.78 Å². The SMILES string of the molecule is CC1(O)OCC(=O)C12CC2. The second-order valence-corrected chi connectivity index (χ2v) is 3.28. The van der Waals surface area contributed by atoms with Gasteiger partial charge in [-0.05, 0) is 19.8 Å². The van der Waals surface area contributed by atoms with E-state index >= 15 is 0 Å². The van der Waals surface area contributed by atoms with Gasteiger partial charge in [-0.25, -0.2) is 0 Å². The van der Waals surface area contributed by atoms with Crippen LogP contribution >= 0.6 is 0 Å². The van der Waals surface area contributed by atoms with E-state index in [4.69, 9.17) is 4.74 Å². The number of hydrogen-bond acceptors (Lipinski definition) is 3. The summed E-state index contributed by atoms with van der Waals surface area (Å²) in [6.07, 6.45) is 1.58. The van der Waals surface area contributed by atoms with Crippen molar-refractivity contribution < 1.29 is 14.6 Å². The maximum Gasteiger partial charge on any atom is 0.175 e. The number of ether oxygens (including phenoxy) is 1. The molecule has 1 spiro atoms. The van der Waals surface area contributed by atoms with Crippen LogP contribution in [0.25, 0.3) is 0 Å². The molecular weight excluding hydrogens is 132 g/mol. The normalized spacial score (nSPS) is 42.8. The molecule has 0 bridgehead atoms. The Labute approximate surface area is 59.0 Å². The summed E-state index contributed by atoms with van der Waals surface area (Å²) in [5.41, 5.74) is -0.507. The minimum Gasteiger partial charge on any atom is -0.365 e. The van der Waals surface area contributed by atoms with Gasteiger partial charge in [-0.2, -0.15) is 0 Å². The number of carbonyl (C=O) groups excluding carboxylic acids is 1. The summed E-state index contributed by atoms with van der Waals surface area (Å²) in [4.78, 5) is 11.1. The van der Waals surface area contributed by atoms with Gasteiger partial charge in [0.05, 0.1) is 5.41 Å². The van der Waals surface area contributed by atoms with Crippen molar-refractivity contribution in [2.75, 3.05) is 6.61 Å². The zero-order valence-electron chi connectivity index (χ0n) is 5.89. The molecule has 1 aliphatic heterocycles. The highest BCUT2D eigenvalue weighted by atomic mass is 16.6. The predicted molar refractivity (Wildman–Crippen MR) is 33.2 cm³/mol. The molecule has 2 rings (SSSR count). The fraction of sp³-hybridized carbons (Fsp3) is 0.857. The van der Waals surface area contributed by atoms with E-state index in [2.05, 4.69) is 0 Å². The minimum absolute atomic E-state index is 0.0671. The van der Waals surface area contributed by atoms with Crippen molar-refractivity contribution in [1.29, 1.82) is 0 Å². The van der Waals surface area contributed by atoms with Crippen LogP contribution < -0.4 is 0 Å². The monoisotopic (exact) mass is 142 g/mol. The largest absolute Gasteiger partial charge is 0.365 e. The van der Waals surface area contributed by atoms with Gasteiger partial charge in [0.1, 0.15) is 6.61 Å². The average molecular weight is 142 g/mol. The van der Waals surface area contributed by atoms with Gasteiger partial charge in [-0.3, -0.25) is 4.79 Å². The van der Waals surface area contributed by atoms with Gasteiger partial charge < -0.3 is 9.84 Å². The zero-order valence-corrected chi connectivity index (χ0v) is 5.89. The van der Waals surface area contributed by atoms with Crippen LogP contribution in [0.15, 0.2) is 0 Å². The lowest BCUT2D eigenvalue weighted by atomic mass is 9.95. The van der Waals surface area contributed by atoms with Crippen molar-refractivity contribution in [3.05, 3.63) is 0 Å². The van der Waals surface area contributed by atoms with Crippen molar-refractivity contribution in [2.24, 2.45) is 5.41 Å². The van der Waals surface area contributed by atoms with E-state index in [9.17, 15) is 9.90 Å². The van der Waals surface area contributed by atoms with Crippen LogP contribution in [0.2, 0.25) is 0 Å². The molecule has 0 amide bonds. The Morgan fingerprint density at radius 1 is 1.60 bits per heavy atom. The third-order valence-corrected chi connectivity index (χ3v) is 2.66. The molecule has 1 unspecified atom stereocenters. The van der Waals surface area contributed by atoms with Crippen LogP contribution in [0.5, 0.6) is 0 Å². The lowest BCUT2D eigenvalue weighted by Crippen LogP contribution is -2.34. The zero-order chi connectivity index (χ0) is 7.41. The first-order chi connectivity index (χ1) is 4.58. The van der Waals surface area contributed by atoms with Crippen LogP contribution in [0.4, 0.5) is 0 Å². The van der Waals surface area contributed by atoms with Gasteiger partial charge >= 0.3 is 0 Å². The molecule has 1 aliphatic carbocycles. The second-order valence-electron chi connectivity index (χ2n) is 3.28. The third-order valence-electron chi connectivity index (χ3n) is 2.66. The van der Waals surface area contributed by atoms with Crippen LogP contribution in [-0.4, -0.2) is 23.3 Å². The Kier molecular flexibility index (Phi) is 0.904. The maximum atomic E-state index is 11.1. The summed E-state index contributed by atoms with van der Waals surface area (Å²) in [6.45, 7) is 1.66. The van der Waals surface area contributed by atoms with Crippen molar-refractivity contribution in [3.8, 4) is 0 Å². The topological polar surface area (TPSA) is 46.5 Å². The van der Waals surface area contributed by atoms with E-state index in [1.165, 1.54) is 0 Å². The van der Waals surface area contributed by atoms with Crippen molar-refractivity contribution in [3.63, 3.8) is 0 Å². The fourth-order valence-corrected chi connectivity index (χ4v) is 1.61. The Balaban J connectivity index is 2.35. The quantitative estimate of drug-likeness (QED) is 0.520. The lowest BCUT2D eigenvalue weighted by molar-refractivity contribution is -0.187. The Morgan fingerprint density at radius 3 is 2.40 bits per heavy atom. The van der Waals surface area contributed by atoms with Crippen LogP contribution in [0.3, 0.4) is 0 Å². The average Bonchev–Trinajstić information content (AvgIpc) is 2.58. The standard InChI is InChI=1S/C7H10O3/c1-6(9)7(2-3-7)5(8)4-10-6/h9H,2-4H2,1H3. The molecule has 0 aromatic carbocycles. The first kappa shape index (κ1) is 6.31. The Bertz CT molecular complexity index is 191. The third kappa shape index (κ3) is 0.503. The summed E-state index contributed by atoms with van der Waals surface area (Å²) in [5, 5.41) is 9.51. The van der Waals surface area contributed by atoms with Gasteiger partial charge in [0.25, 0.3) is 0 Å².